The van der Waals surface area contributed by atoms with Crippen molar-refractivity contribution >= 4 is 46.5 Å². The van der Waals surface area contributed by atoms with Crippen molar-refractivity contribution in [1.82, 2.24) is 14.8 Å². The lowest BCUT2D eigenvalue weighted by Gasteiger charge is -2.26. The minimum Gasteiger partial charge on any atom is -0.462 e. The number of urea groups is 1. The van der Waals surface area contributed by atoms with Crippen LogP contribution in [-0.4, -0.2) is 67.5 Å². The summed E-state index contributed by atoms with van der Waals surface area (Å²) in [6.45, 7) is 8.26. The molecule has 0 radical (unpaired) electrons. The number of carbonyl (C=O) groups excluding carboxylic acids is 2. The summed E-state index contributed by atoms with van der Waals surface area (Å²) in [5, 5.41) is 18.2. The Labute approximate surface area is 212 Å². The van der Waals surface area contributed by atoms with Crippen molar-refractivity contribution in [1.29, 1.82) is 5.26 Å². The van der Waals surface area contributed by atoms with Gasteiger partial charge in [-0.2, -0.15) is 5.26 Å². The molecule has 1 aliphatic rings. The lowest BCUT2D eigenvalue weighted by molar-refractivity contribution is -0.136. The number of esters is 1. The topological polar surface area (TPSA) is 138 Å². The van der Waals surface area contributed by atoms with Gasteiger partial charge in [0.2, 0.25) is 0 Å². The predicted octanol–water partition coefficient (Wildman–Crippen LogP) is 0.471. The van der Waals surface area contributed by atoms with Gasteiger partial charge in [-0.25, -0.2) is 9.59 Å². The van der Waals surface area contributed by atoms with E-state index in [1.807, 2.05) is 6.07 Å². The quantitative estimate of drug-likeness (QED) is 0.411. The zero-order valence-corrected chi connectivity index (χ0v) is 21.2. The molecule has 2 amide bonds. The fourth-order valence-electron chi connectivity index (χ4n) is 3.54. The zero-order chi connectivity index (χ0) is 25.9. The van der Waals surface area contributed by atoms with E-state index in [1.165, 1.54) is 10.8 Å². The first-order valence-corrected chi connectivity index (χ1v) is 12.5. The first kappa shape index (κ1) is 26.9. The fourth-order valence-corrected chi connectivity index (χ4v) is 4.62. The lowest BCUT2D eigenvalue weighted by Crippen LogP contribution is -2.42. The van der Waals surface area contributed by atoms with Gasteiger partial charge in [0.05, 0.1) is 19.8 Å². The Morgan fingerprint density at radius 3 is 2.69 bits per heavy atom. The molecule has 3 rings (SSSR count). The molecule has 1 fully saturated rings. The summed E-state index contributed by atoms with van der Waals surface area (Å²) in [7, 11) is 0. The lowest BCUT2D eigenvalue weighted by atomic mass is 10.3. The Morgan fingerprint density at radius 2 is 2.00 bits per heavy atom. The number of nitrogens with zero attached hydrogens (tertiary/aromatic N) is 3. The minimum absolute atomic E-state index is 0.128. The van der Waals surface area contributed by atoms with Crippen LogP contribution in [0.5, 0.6) is 0 Å². The maximum atomic E-state index is 12.8. The van der Waals surface area contributed by atoms with Crippen LogP contribution in [0.4, 0.5) is 16.2 Å². The molecule has 3 N–H and O–H groups in total. The van der Waals surface area contributed by atoms with E-state index < -0.39 is 5.97 Å². The molecule has 1 saturated heterocycles. The molecule has 1 aliphatic heterocycles. The van der Waals surface area contributed by atoms with E-state index in [0.717, 1.165) is 31.0 Å². The van der Waals surface area contributed by atoms with E-state index in [9.17, 15) is 19.6 Å². The summed E-state index contributed by atoms with van der Waals surface area (Å²) >= 11 is 1.03. The highest BCUT2D eigenvalue weighted by Crippen LogP contribution is 2.15. The molecule has 2 heterocycles. The fraction of sp³-hybridized carbons (Fsp3) is 0.417. The van der Waals surface area contributed by atoms with Crippen molar-refractivity contribution in [3.63, 3.8) is 0 Å². The third kappa shape index (κ3) is 7.17. The molecule has 2 aromatic rings. The number of aromatic nitrogens is 1. The van der Waals surface area contributed by atoms with Crippen molar-refractivity contribution in [3.8, 4) is 6.07 Å². The van der Waals surface area contributed by atoms with Crippen LogP contribution in [0.2, 0.25) is 0 Å². The third-order valence-corrected chi connectivity index (χ3v) is 6.47. The summed E-state index contributed by atoms with van der Waals surface area (Å²) in [5.41, 5.74) is 0.702. The van der Waals surface area contributed by atoms with Gasteiger partial charge in [0.1, 0.15) is 15.3 Å². The van der Waals surface area contributed by atoms with Gasteiger partial charge >= 0.3 is 12.0 Å². The number of carbonyl (C=O) groups is 2. The number of ether oxygens (including phenoxy) is 2. The van der Waals surface area contributed by atoms with E-state index in [0.29, 0.717) is 42.2 Å². The summed E-state index contributed by atoms with van der Waals surface area (Å²) in [4.78, 5) is 39.5. The molecule has 0 bridgehead atoms. The van der Waals surface area contributed by atoms with E-state index in [1.54, 1.807) is 38.1 Å². The van der Waals surface area contributed by atoms with Gasteiger partial charge in [0.25, 0.3) is 5.56 Å². The molecular weight excluding hydrogens is 484 g/mol. The van der Waals surface area contributed by atoms with Crippen LogP contribution >= 0.6 is 11.3 Å². The smallest absolute Gasteiger partial charge is 0.351 e. The van der Waals surface area contributed by atoms with Gasteiger partial charge in [0, 0.05) is 50.3 Å². The van der Waals surface area contributed by atoms with Crippen LogP contribution in [0.3, 0.4) is 0 Å². The van der Waals surface area contributed by atoms with Crippen LogP contribution in [0.15, 0.2) is 29.1 Å². The molecule has 0 aliphatic carbocycles. The number of anilines is 2. The maximum absolute atomic E-state index is 12.8. The van der Waals surface area contributed by atoms with Crippen LogP contribution < -0.4 is 30.7 Å². The van der Waals surface area contributed by atoms with Crippen molar-refractivity contribution in [2.45, 2.75) is 20.4 Å². The van der Waals surface area contributed by atoms with Gasteiger partial charge in [-0.15, -0.1) is 11.3 Å². The summed E-state index contributed by atoms with van der Waals surface area (Å²) in [6, 6.07) is 8.59. The number of hydrogen-bond donors (Lipinski definition) is 3. The number of nitrogens with one attached hydrogen (secondary N) is 3. The molecule has 36 heavy (non-hydrogen) atoms. The molecule has 1 aromatic carbocycles. The number of amides is 2. The first-order valence-electron chi connectivity index (χ1n) is 11.7. The molecule has 11 nitrogen and oxygen atoms in total. The second kappa shape index (κ2) is 13.4. The third-order valence-electron chi connectivity index (χ3n) is 5.34. The molecule has 192 valence electrons. The highest BCUT2D eigenvalue weighted by Gasteiger charge is 2.16. The number of rotatable bonds is 9. The number of benzene rings is 1. The van der Waals surface area contributed by atoms with Crippen LogP contribution in [-0.2, 0) is 20.8 Å². The van der Waals surface area contributed by atoms with E-state index in [-0.39, 0.29) is 28.4 Å². The summed E-state index contributed by atoms with van der Waals surface area (Å²) in [5.74, 6) is -0.759. The van der Waals surface area contributed by atoms with Crippen molar-refractivity contribution in [3.05, 3.63) is 43.8 Å². The molecular formula is C24H30N6O5S. The van der Waals surface area contributed by atoms with E-state index in [2.05, 4.69) is 20.9 Å². The standard InChI is InChI=1S/C24H30N6O5S/c1-3-30-21(31)20(36-22(30)19(15-25)23(32)35-4-2)16-27-17-6-5-7-18(14-17)28-24(33)26-8-9-29-10-12-34-13-11-29/h5-7,14,16,27H,3-4,8-13H2,1-2H3,(H2,26,28,33). The van der Waals surface area contributed by atoms with E-state index in [4.69, 9.17) is 9.47 Å². The Bertz CT molecular complexity index is 1290. The summed E-state index contributed by atoms with van der Waals surface area (Å²) < 4.78 is 12.2. The van der Waals surface area contributed by atoms with Gasteiger partial charge in [-0.05, 0) is 32.0 Å². The first-order chi connectivity index (χ1) is 17.5. The maximum Gasteiger partial charge on any atom is 0.351 e. The molecule has 0 atom stereocenters. The molecule has 0 saturated carbocycles. The number of thiazole rings is 1. The van der Waals surface area contributed by atoms with Crippen molar-refractivity contribution in [2.24, 2.45) is 0 Å². The average Bonchev–Trinajstić information content (AvgIpc) is 3.19. The van der Waals surface area contributed by atoms with Crippen LogP contribution in [0.1, 0.15) is 13.8 Å². The largest absolute Gasteiger partial charge is 0.462 e. The Hall–Kier alpha value is -3.66. The van der Waals surface area contributed by atoms with Crippen LogP contribution in [0, 0.1) is 11.3 Å². The van der Waals surface area contributed by atoms with Gasteiger partial charge < -0.3 is 25.4 Å². The second-order valence-electron chi connectivity index (χ2n) is 7.73. The van der Waals surface area contributed by atoms with Crippen LogP contribution in [0.25, 0.3) is 11.8 Å². The molecule has 0 unspecified atom stereocenters. The Balaban J connectivity index is 1.69. The van der Waals surface area contributed by atoms with Gasteiger partial charge in [-0.1, -0.05) is 6.07 Å². The van der Waals surface area contributed by atoms with Crippen molar-refractivity contribution < 1.29 is 19.1 Å². The molecule has 12 heteroatoms. The monoisotopic (exact) mass is 514 g/mol. The normalized spacial score (nSPS) is 15.1. The van der Waals surface area contributed by atoms with Gasteiger partial charge in [-0.3, -0.25) is 14.3 Å². The molecule has 0 spiro atoms. The second-order valence-corrected chi connectivity index (χ2v) is 8.76. The number of hydrogen-bond acceptors (Lipinski definition) is 9. The number of morpholine rings is 1. The SMILES string of the molecule is CCOC(=O)C(C#N)=c1sc(=CNc2cccc(NC(=O)NCCN3CCOCC3)c2)c(=O)n1CC. The Kier molecular flexibility index (Phi) is 10.1. The van der Waals surface area contributed by atoms with E-state index >= 15 is 0 Å². The molecule has 1 aromatic heterocycles. The average molecular weight is 515 g/mol. The number of nitriles is 1. The van der Waals surface area contributed by atoms with Gasteiger partial charge in [0.15, 0.2) is 5.57 Å². The zero-order valence-electron chi connectivity index (χ0n) is 20.3. The van der Waals surface area contributed by atoms with Crippen molar-refractivity contribution in [2.75, 3.05) is 56.6 Å². The highest BCUT2D eigenvalue weighted by molar-refractivity contribution is 7.07. The Morgan fingerprint density at radius 1 is 1.25 bits per heavy atom. The minimum atomic E-state index is -0.759. The predicted molar refractivity (Wildman–Crippen MR) is 138 cm³/mol. The summed E-state index contributed by atoms with van der Waals surface area (Å²) in [6.07, 6.45) is 1.52. The highest BCUT2D eigenvalue weighted by atomic mass is 32.1.